The van der Waals surface area contributed by atoms with Gasteiger partial charge < -0.3 is 20.7 Å². The molecule has 2 atom stereocenters. The molecular formula is C29H34F7N5O5S. The average molecular weight is 698 g/mol. The first-order chi connectivity index (χ1) is 22.0. The lowest BCUT2D eigenvalue weighted by Crippen LogP contribution is -2.46. The number of urea groups is 1. The standard InChI is InChI=1S/C29H34F7N5O5S/c1-46-17-11-20(30)23(21(31)12-17)19-14-41(26-24(29(34,35)36)22(7-8-38-26)37-9-10-47(2,44)45)27(42)18(19)13-39-28(43)40-16-5-3-15(4-6-16)25(32)33/h7-8,11-12,15-16,18-19,25H,3-6,9-10,13-14H2,1-2H3,(H,37,38)(H2,39,40,43)/t15?,16?,18?,19-/m1/s1. The van der Waals surface area contributed by atoms with Crippen molar-refractivity contribution >= 4 is 33.3 Å². The Morgan fingerprint density at radius 1 is 1.13 bits per heavy atom. The molecule has 1 saturated carbocycles. The van der Waals surface area contributed by atoms with Gasteiger partial charge in [0, 0.05) is 67.7 Å². The van der Waals surface area contributed by atoms with Crippen LogP contribution >= 0.6 is 0 Å². The highest BCUT2D eigenvalue weighted by molar-refractivity contribution is 7.90. The number of amides is 3. The van der Waals surface area contributed by atoms with Crippen molar-refractivity contribution in [1.29, 1.82) is 0 Å². The second-order valence-corrected chi connectivity index (χ2v) is 13.8. The van der Waals surface area contributed by atoms with Crippen molar-refractivity contribution < 1.29 is 53.5 Å². The zero-order valence-electron chi connectivity index (χ0n) is 25.3. The SMILES string of the molecule is COc1cc(F)c([C@@H]2CN(c3nccc(NCCS(C)(=O)=O)c3C(F)(F)F)C(=O)C2CNC(=O)NC2CCC(C(F)F)CC2)c(F)c1. The number of nitrogens with zero attached hydrogens (tertiary/aromatic N) is 2. The number of hydrogen-bond acceptors (Lipinski definition) is 7. The summed E-state index contributed by atoms with van der Waals surface area (Å²) in [4.78, 5) is 30.9. The first kappa shape index (κ1) is 36.0. The molecule has 0 radical (unpaired) electrons. The van der Waals surface area contributed by atoms with E-state index in [-0.39, 0.29) is 31.4 Å². The largest absolute Gasteiger partial charge is 0.497 e. The molecule has 1 unspecified atom stereocenters. The Balaban J connectivity index is 1.64. The average Bonchev–Trinajstić information content (AvgIpc) is 3.29. The van der Waals surface area contributed by atoms with E-state index < -0.39 is 118 Å². The van der Waals surface area contributed by atoms with Gasteiger partial charge in [-0.2, -0.15) is 13.2 Å². The molecule has 2 aromatic rings. The van der Waals surface area contributed by atoms with Crippen LogP contribution in [0.5, 0.6) is 5.75 Å². The zero-order chi connectivity index (χ0) is 34.7. The van der Waals surface area contributed by atoms with Crippen LogP contribution in [0.25, 0.3) is 0 Å². The molecule has 47 heavy (non-hydrogen) atoms. The first-order valence-electron chi connectivity index (χ1n) is 14.6. The summed E-state index contributed by atoms with van der Waals surface area (Å²) in [7, 11) is -2.37. The van der Waals surface area contributed by atoms with E-state index in [2.05, 4.69) is 20.9 Å². The molecule has 3 N–H and O–H groups in total. The molecule has 260 valence electrons. The van der Waals surface area contributed by atoms with Crippen LogP contribution in [0.4, 0.5) is 47.0 Å². The minimum absolute atomic E-state index is 0.186. The van der Waals surface area contributed by atoms with E-state index in [1.54, 1.807) is 0 Å². The van der Waals surface area contributed by atoms with Crippen LogP contribution < -0.4 is 25.6 Å². The van der Waals surface area contributed by atoms with Gasteiger partial charge in [0.2, 0.25) is 12.3 Å². The van der Waals surface area contributed by atoms with Gasteiger partial charge in [0.25, 0.3) is 0 Å². The van der Waals surface area contributed by atoms with E-state index in [0.717, 1.165) is 30.7 Å². The van der Waals surface area contributed by atoms with Gasteiger partial charge in [0.15, 0.2) is 0 Å². The number of pyridine rings is 1. The van der Waals surface area contributed by atoms with E-state index in [9.17, 15) is 40.0 Å². The fourth-order valence-electron chi connectivity index (χ4n) is 5.94. The molecule has 2 heterocycles. The summed E-state index contributed by atoms with van der Waals surface area (Å²) in [5.74, 6) is -8.49. The lowest BCUT2D eigenvalue weighted by molar-refractivity contribution is -0.136. The second kappa shape index (κ2) is 14.5. The van der Waals surface area contributed by atoms with Gasteiger partial charge in [-0.05, 0) is 31.7 Å². The van der Waals surface area contributed by atoms with Crippen LogP contribution in [-0.2, 0) is 20.8 Å². The van der Waals surface area contributed by atoms with Gasteiger partial charge in [0.05, 0.1) is 24.5 Å². The van der Waals surface area contributed by atoms with Crippen molar-refractivity contribution in [1.82, 2.24) is 15.6 Å². The third-order valence-corrected chi connectivity index (χ3v) is 9.26. The van der Waals surface area contributed by atoms with E-state index in [0.29, 0.717) is 4.90 Å². The van der Waals surface area contributed by atoms with Gasteiger partial charge in [-0.25, -0.2) is 35.8 Å². The number of ether oxygens (including phenoxy) is 1. The number of carbonyl (C=O) groups is 2. The summed E-state index contributed by atoms with van der Waals surface area (Å²) in [5, 5.41) is 7.47. The predicted octanol–water partition coefficient (Wildman–Crippen LogP) is 4.71. The normalized spacial score (nSPS) is 22.0. The Morgan fingerprint density at radius 3 is 2.32 bits per heavy atom. The fourth-order valence-corrected chi connectivity index (χ4v) is 6.41. The summed E-state index contributed by atoms with van der Waals surface area (Å²) in [6.45, 7) is -1.60. The monoisotopic (exact) mass is 697 g/mol. The van der Waals surface area contributed by atoms with Crippen molar-refractivity contribution in [2.45, 2.75) is 50.2 Å². The van der Waals surface area contributed by atoms with Crippen LogP contribution in [0.15, 0.2) is 24.4 Å². The maximum Gasteiger partial charge on any atom is 0.421 e. The summed E-state index contributed by atoms with van der Waals surface area (Å²) in [5.41, 5.74) is -2.59. The van der Waals surface area contributed by atoms with Gasteiger partial charge in [-0.1, -0.05) is 0 Å². The van der Waals surface area contributed by atoms with Crippen molar-refractivity contribution in [3.63, 3.8) is 0 Å². The molecule has 18 heteroatoms. The lowest BCUT2D eigenvalue weighted by Gasteiger charge is -2.28. The van der Waals surface area contributed by atoms with Crippen LogP contribution in [0.3, 0.4) is 0 Å². The highest BCUT2D eigenvalue weighted by atomic mass is 32.2. The Morgan fingerprint density at radius 2 is 1.77 bits per heavy atom. The van der Waals surface area contributed by atoms with E-state index in [1.807, 2.05) is 0 Å². The van der Waals surface area contributed by atoms with Crippen molar-refractivity contribution in [2.24, 2.45) is 11.8 Å². The van der Waals surface area contributed by atoms with Crippen LogP contribution in [0, 0.1) is 23.5 Å². The van der Waals surface area contributed by atoms with Crippen LogP contribution in [-0.4, -0.2) is 76.6 Å². The van der Waals surface area contributed by atoms with Crippen LogP contribution in [0.2, 0.25) is 0 Å². The number of rotatable bonds is 11. The maximum atomic E-state index is 15.3. The summed E-state index contributed by atoms with van der Waals surface area (Å²) in [6.07, 6.45) is -4.78. The van der Waals surface area contributed by atoms with Gasteiger partial charge in [-0.3, -0.25) is 9.69 Å². The molecule has 1 aromatic carbocycles. The molecule has 4 rings (SSSR count). The highest BCUT2D eigenvalue weighted by Gasteiger charge is 2.48. The number of methoxy groups -OCH3 is 1. The molecule has 0 spiro atoms. The smallest absolute Gasteiger partial charge is 0.421 e. The Hall–Kier alpha value is -3.83. The topological polar surface area (TPSA) is 130 Å². The van der Waals surface area contributed by atoms with Crippen molar-refractivity contribution in [3.8, 4) is 5.75 Å². The maximum absolute atomic E-state index is 15.3. The van der Waals surface area contributed by atoms with E-state index in [4.69, 9.17) is 4.74 Å². The predicted molar refractivity (Wildman–Crippen MR) is 157 cm³/mol. The molecule has 3 amide bonds. The number of benzene rings is 1. The first-order valence-corrected chi connectivity index (χ1v) is 16.7. The summed E-state index contributed by atoms with van der Waals surface area (Å²) in [6, 6.07) is 1.42. The summed E-state index contributed by atoms with van der Waals surface area (Å²) < 4.78 is 128. The highest BCUT2D eigenvalue weighted by Crippen LogP contribution is 2.45. The van der Waals surface area contributed by atoms with Gasteiger partial charge in [0.1, 0.15) is 38.6 Å². The molecular weight excluding hydrogens is 663 g/mol. The molecule has 2 fully saturated rings. The van der Waals surface area contributed by atoms with E-state index >= 15 is 8.78 Å². The number of carbonyl (C=O) groups excluding carboxylic acids is 2. The summed E-state index contributed by atoms with van der Waals surface area (Å²) >= 11 is 0. The zero-order valence-corrected chi connectivity index (χ0v) is 26.2. The molecule has 2 aliphatic rings. The Kier molecular flexibility index (Phi) is 11.1. The number of alkyl halides is 5. The molecule has 0 bridgehead atoms. The number of nitrogens with one attached hydrogen (secondary N) is 3. The second-order valence-electron chi connectivity index (χ2n) is 11.6. The number of aromatic nitrogens is 1. The molecule has 10 nitrogen and oxygen atoms in total. The molecule has 1 aromatic heterocycles. The number of anilines is 2. The molecule has 1 saturated heterocycles. The number of halogens is 7. The van der Waals surface area contributed by atoms with Gasteiger partial charge in [-0.15, -0.1) is 0 Å². The Bertz CT molecular complexity index is 1550. The minimum atomic E-state index is -5.11. The van der Waals surface area contributed by atoms with Crippen molar-refractivity contribution in [2.75, 3.05) is 49.0 Å². The number of sulfone groups is 1. The third kappa shape index (κ3) is 8.75. The number of hydrogen-bond donors (Lipinski definition) is 3. The third-order valence-electron chi connectivity index (χ3n) is 8.31. The quantitative estimate of drug-likeness (QED) is 0.290. The van der Waals surface area contributed by atoms with E-state index in [1.165, 1.54) is 7.11 Å². The minimum Gasteiger partial charge on any atom is -0.497 e. The Labute approximate surface area is 266 Å². The van der Waals surface area contributed by atoms with Crippen LogP contribution in [0.1, 0.15) is 42.7 Å². The molecule has 1 aliphatic heterocycles. The van der Waals surface area contributed by atoms with Crippen molar-refractivity contribution in [3.05, 3.63) is 47.2 Å². The lowest BCUT2D eigenvalue weighted by atomic mass is 9.86. The fraction of sp³-hybridized carbons (Fsp3) is 0.552. The molecule has 1 aliphatic carbocycles. The van der Waals surface area contributed by atoms with Gasteiger partial charge >= 0.3 is 12.2 Å².